The second-order valence-electron chi connectivity index (χ2n) is 5.44. The number of nitrogens with two attached hydrogens (primary N) is 1. The van der Waals surface area contributed by atoms with Gasteiger partial charge in [-0.05, 0) is 50.6 Å². The molecule has 1 aliphatic rings. The molecule has 1 amide bonds. The molecule has 1 fully saturated rings. The number of anilines is 1. The summed E-state index contributed by atoms with van der Waals surface area (Å²) in [5.41, 5.74) is 6.97. The molecule has 3 N–H and O–H groups in total. The van der Waals surface area contributed by atoms with E-state index in [0.717, 1.165) is 32.6 Å². The van der Waals surface area contributed by atoms with E-state index >= 15 is 0 Å². The molecule has 1 heterocycles. The molecule has 1 saturated heterocycles. The summed E-state index contributed by atoms with van der Waals surface area (Å²) < 4.78 is 5.37. The minimum absolute atomic E-state index is 0.0697. The molecule has 1 atom stereocenters. The summed E-state index contributed by atoms with van der Waals surface area (Å²) >= 11 is 0. The van der Waals surface area contributed by atoms with Crippen LogP contribution in [0.1, 0.15) is 30.6 Å². The van der Waals surface area contributed by atoms with Crippen molar-refractivity contribution in [3.63, 3.8) is 0 Å². The topological polar surface area (TPSA) is 67.6 Å². The highest BCUT2D eigenvalue weighted by Gasteiger charge is 2.21. The van der Waals surface area contributed by atoms with Crippen molar-refractivity contribution in [2.75, 3.05) is 38.5 Å². The predicted molar refractivity (Wildman–Crippen MR) is 84.6 cm³/mol. The summed E-state index contributed by atoms with van der Waals surface area (Å²) in [6.45, 7) is 8.65. The minimum atomic E-state index is -0.0697. The van der Waals surface area contributed by atoms with Crippen LogP contribution in [0.15, 0.2) is 18.2 Å². The van der Waals surface area contributed by atoms with Crippen molar-refractivity contribution in [2.45, 2.75) is 20.3 Å². The fraction of sp³-hybridized carbons (Fsp3) is 0.562. The second kappa shape index (κ2) is 7.31. The zero-order valence-electron chi connectivity index (χ0n) is 12.9. The van der Waals surface area contributed by atoms with Gasteiger partial charge in [-0.2, -0.15) is 0 Å². The number of nitrogens with zero attached hydrogens (tertiary/aromatic N) is 1. The normalized spacial score (nSPS) is 18.7. The SMILES string of the molecule is CCOc1ccc(C(=O)NCC2CCN(CC)C2)cc1N. The predicted octanol–water partition coefficient (Wildman–Crippen LogP) is 1.74. The molecule has 0 saturated carbocycles. The first-order valence-corrected chi connectivity index (χ1v) is 7.66. The largest absolute Gasteiger partial charge is 0.492 e. The molecule has 5 heteroatoms. The first kappa shape index (κ1) is 15.6. The van der Waals surface area contributed by atoms with Gasteiger partial charge in [0.25, 0.3) is 5.91 Å². The van der Waals surface area contributed by atoms with Crippen molar-refractivity contribution >= 4 is 11.6 Å². The van der Waals surface area contributed by atoms with E-state index in [9.17, 15) is 4.79 Å². The lowest BCUT2D eigenvalue weighted by Crippen LogP contribution is -2.31. The van der Waals surface area contributed by atoms with Gasteiger partial charge in [0.1, 0.15) is 5.75 Å². The van der Waals surface area contributed by atoms with Gasteiger partial charge in [0.15, 0.2) is 0 Å². The average molecular weight is 291 g/mol. The zero-order valence-corrected chi connectivity index (χ0v) is 12.9. The lowest BCUT2D eigenvalue weighted by atomic mass is 10.1. The van der Waals surface area contributed by atoms with Crippen LogP contribution in [0.2, 0.25) is 0 Å². The Morgan fingerprint density at radius 3 is 2.90 bits per heavy atom. The quantitative estimate of drug-likeness (QED) is 0.783. The van der Waals surface area contributed by atoms with E-state index in [4.69, 9.17) is 10.5 Å². The van der Waals surface area contributed by atoms with Crippen molar-refractivity contribution < 1.29 is 9.53 Å². The van der Waals surface area contributed by atoms with Gasteiger partial charge in [-0.15, -0.1) is 0 Å². The van der Waals surface area contributed by atoms with E-state index in [1.165, 1.54) is 0 Å². The van der Waals surface area contributed by atoms with Crippen molar-refractivity contribution in [3.8, 4) is 5.75 Å². The Bertz CT molecular complexity index is 490. The van der Waals surface area contributed by atoms with Crippen LogP contribution in [0.3, 0.4) is 0 Å². The van der Waals surface area contributed by atoms with Crippen molar-refractivity contribution in [1.29, 1.82) is 0 Å². The highest BCUT2D eigenvalue weighted by atomic mass is 16.5. The van der Waals surface area contributed by atoms with E-state index in [1.54, 1.807) is 18.2 Å². The number of carbonyl (C=O) groups is 1. The Kier molecular flexibility index (Phi) is 5.44. The molecule has 1 aromatic carbocycles. The third-order valence-electron chi connectivity index (χ3n) is 3.94. The van der Waals surface area contributed by atoms with Gasteiger partial charge in [0.2, 0.25) is 0 Å². The lowest BCUT2D eigenvalue weighted by molar-refractivity contribution is 0.0947. The van der Waals surface area contributed by atoms with E-state index in [0.29, 0.717) is 29.5 Å². The summed E-state index contributed by atoms with van der Waals surface area (Å²) in [6.07, 6.45) is 1.15. The van der Waals surface area contributed by atoms with Crippen molar-refractivity contribution in [3.05, 3.63) is 23.8 Å². The van der Waals surface area contributed by atoms with Gasteiger partial charge in [-0.3, -0.25) is 4.79 Å². The molecule has 1 unspecified atom stereocenters. The maximum atomic E-state index is 12.2. The molecular weight excluding hydrogens is 266 g/mol. The van der Waals surface area contributed by atoms with Crippen LogP contribution < -0.4 is 15.8 Å². The molecule has 1 aromatic rings. The van der Waals surface area contributed by atoms with E-state index in [2.05, 4.69) is 17.1 Å². The molecular formula is C16H25N3O2. The lowest BCUT2D eigenvalue weighted by Gasteiger charge is -2.14. The number of hydrogen-bond donors (Lipinski definition) is 2. The molecule has 116 valence electrons. The third-order valence-corrected chi connectivity index (χ3v) is 3.94. The minimum Gasteiger partial charge on any atom is -0.492 e. The highest BCUT2D eigenvalue weighted by Crippen LogP contribution is 2.22. The molecule has 0 bridgehead atoms. The van der Waals surface area contributed by atoms with Crippen LogP contribution in [0.5, 0.6) is 5.75 Å². The number of amides is 1. The number of benzene rings is 1. The standard InChI is InChI=1S/C16H25N3O2/c1-3-19-8-7-12(11-19)10-18-16(20)13-5-6-15(21-4-2)14(17)9-13/h5-6,9,12H,3-4,7-8,10-11,17H2,1-2H3,(H,18,20). The van der Waals surface area contributed by atoms with Gasteiger partial charge in [-0.1, -0.05) is 6.92 Å². The van der Waals surface area contributed by atoms with Gasteiger partial charge in [0, 0.05) is 18.7 Å². The van der Waals surface area contributed by atoms with Crippen molar-refractivity contribution in [2.24, 2.45) is 5.92 Å². The maximum absolute atomic E-state index is 12.2. The Hall–Kier alpha value is -1.75. The molecule has 0 spiro atoms. The summed E-state index contributed by atoms with van der Waals surface area (Å²) in [5.74, 6) is 1.11. The van der Waals surface area contributed by atoms with Gasteiger partial charge in [0.05, 0.1) is 12.3 Å². The highest BCUT2D eigenvalue weighted by molar-refractivity contribution is 5.95. The summed E-state index contributed by atoms with van der Waals surface area (Å²) in [6, 6.07) is 5.18. The molecule has 0 radical (unpaired) electrons. The van der Waals surface area contributed by atoms with E-state index in [-0.39, 0.29) is 5.91 Å². The van der Waals surface area contributed by atoms with Gasteiger partial charge in [-0.25, -0.2) is 0 Å². The van der Waals surface area contributed by atoms with Crippen LogP contribution in [-0.2, 0) is 0 Å². The second-order valence-corrected chi connectivity index (χ2v) is 5.44. The van der Waals surface area contributed by atoms with E-state index in [1.807, 2.05) is 6.92 Å². The third kappa shape index (κ3) is 4.11. The summed E-state index contributed by atoms with van der Waals surface area (Å²) in [5, 5.41) is 3.00. The first-order valence-electron chi connectivity index (χ1n) is 7.66. The maximum Gasteiger partial charge on any atom is 0.251 e. The Morgan fingerprint density at radius 1 is 1.48 bits per heavy atom. The smallest absolute Gasteiger partial charge is 0.251 e. The van der Waals surface area contributed by atoms with Gasteiger partial charge < -0.3 is 20.7 Å². The van der Waals surface area contributed by atoms with Crippen LogP contribution in [-0.4, -0.2) is 43.6 Å². The van der Waals surface area contributed by atoms with E-state index < -0.39 is 0 Å². The number of hydrogen-bond acceptors (Lipinski definition) is 4. The number of likely N-dealkylation sites (tertiary alicyclic amines) is 1. The number of rotatable bonds is 6. The first-order chi connectivity index (χ1) is 10.1. The summed E-state index contributed by atoms with van der Waals surface area (Å²) in [7, 11) is 0. The van der Waals surface area contributed by atoms with Crippen LogP contribution in [0.4, 0.5) is 5.69 Å². The number of carbonyl (C=O) groups excluding carboxylic acids is 1. The summed E-state index contributed by atoms with van der Waals surface area (Å²) in [4.78, 5) is 14.6. The van der Waals surface area contributed by atoms with Crippen LogP contribution in [0.25, 0.3) is 0 Å². The van der Waals surface area contributed by atoms with Crippen molar-refractivity contribution in [1.82, 2.24) is 10.2 Å². The fourth-order valence-electron chi connectivity index (χ4n) is 2.68. The Labute approximate surface area is 126 Å². The molecule has 5 nitrogen and oxygen atoms in total. The molecule has 0 aliphatic carbocycles. The number of nitrogens with one attached hydrogen (secondary N) is 1. The molecule has 21 heavy (non-hydrogen) atoms. The number of nitrogen functional groups attached to an aromatic ring is 1. The zero-order chi connectivity index (χ0) is 15.2. The van der Waals surface area contributed by atoms with Crippen LogP contribution in [0, 0.1) is 5.92 Å². The fourth-order valence-corrected chi connectivity index (χ4v) is 2.68. The molecule has 0 aromatic heterocycles. The monoisotopic (exact) mass is 291 g/mol. The van der Waals surface area contributed by atoms with Gasteiger partial charge >= 0.3 is 0 Å². The molecule has 2 rings (SSSR count). The Morgan fingerprint density at radius 2 is 2.29 bits per heavy atom. The van der Waals surface area contributed by atoms with Crippen LogP contribution >= 0.6 is 0 Å². The average Bonchev–Trinajstić information content (AvgIpc) is 2.95. The molecule has 1 aliphatic heterocycles. The Balaban J connectivity index is 1.87. The number of ether oxygens (including phenoxy) is 1.